The van der Waals surface area contributed by atoms with Crippen molar-refractivity contribution in [2.45, 2.75) is 25.8 Å². The lowest BCUT2D eigenvalue weighted by atomic mass is 9.95. The third kappa shape index (κ3) is 5.29. The SMILES string of the molecule is Cc1cccc(NC(=O)C(=O)NCC(c2ccc3c(c2)CCCN3C)N2CCOCC2)c1. The Kier molecular flexibility index (Phi) is 7.07. The van der Waals surface area contributed by atoms with Crippen molar-refractivity contribution in [1.82, 2.24) is 10.2 Å². The van der Waals surface area contributed by atoms with E-state index in [1.165, 1.54) is 16.8 Å². The van der Waals surface area contributed by atoms with Crippen molar-refractivity contribution in [3.05, 3.63) is 59.2 Å². The highest BCUT2D eigenvalue weighted by Gasteiger charge is 2.26. The standard InChI is InChI=1S/C25H32N4O3/c1-18-5-3-7-21(15-18)27-25(31)24(30)26-17-23(29-11-13-32-14-12-29)20-8-9-22-19(16-20)6-4-10-28(22)2/h3,5,7-9,15-16,23H,4,6,10-14,17H2,1-2H3,(H,26,30)(H,27,31). The van der Waals surface area contributed by atoms with Crippen LogP contribution in [0.15, 0.2) is 42.5 Å². The van der Waals surface area contributed by atoms with Crippen LogP contribution in [0.5, 0.6) is 0 Å². The summed E-state index contributed by atoms with van der Waals surface area (Å²) in [4.78, 5) is 29.6. The van der Waals surface area contributed by atoms with Gasteiger partial charge in [-0.3, -0.25) is 14.5 Å². The number of nitrogens with one attached hydrogen (secondary N) is 2. The molecule has 170 valence electrons. The zero-order valence-corrected chi connectivity index (χ0v) is 18.9. The highest BCUT2D eigenvalue weighted by atomic mass is 16.5. The molecule has 7 nitrogen and oxygen atoms in total. The number of amides is 2. The van der Waals surface area contributed by atoms with E-state index >= 15 is 0 Å². The molecule has 1 saturated heterocycles. The van der Waals surface area contributed by atoms with Gasteiger partial charge in [0.2, 0.25) is 0 Å². The van der Waals surface area contributed by atoms with E-state index in [9.17, 15) is 9.59 Å². The number of fused-ring (bicyclic) bond motifs is 1. The van der Waals surface area contributed by atoms with E-state index in [4.69, 9.17) is 4.74 Å². The van der Waals surface area contributed by atoms with Crippen molar-refractivity contribution in [2.75, 3.05) is 56.7 Å². The van der Waals surface area contributed by atoms with Crippen molar-refractivity contribution in [3.8, 4) is 0 Å². The largest absolute Gasteiger partial charge is 0.379 e. The second-order valence-electron chi connectivity index (χ2n) is 8.61. The minimum Gasteiger partial charge on any atom is -0.379 e. The quantitative estimate of drug-likeness (QED) is 0.705. The highest BCUT2D eigenvalue weighted by molar-refractivity contribution is 6.39. The summed E-state index contributed by atoms with van der Waals surface area (Å²) in [6.45, 7) is 6.33. The van der Waals surface area contributed by atoms with Crippen LogP contribution in [0.25, 0.3) is 0 Å². The van der Waals surface area contributed by atoms with E-state index < -0.39 is 11.8 Å². The Morgan fingerprint density at radius 3 is 2.66 bits per heavy atom. The predicted octanol–water partition coefficient (Wildman–Crippen LogP) is 2.51. The highest BCUT2D eigenvalue weighted by Crippen LogP contribution is 2.31. The third-order valence-electron chi connectivity index (χ3n) is 6.26. The summed E-state index contributed by atoms with van der Waals surface area (Å²) < 4.78 is 5.53. The van der Waals surface area contributed by atoms with Gasteiger partial charge in [0, 0.05) is 44.6 Å². The fourth-order valence-electron chi connectivity index (χ4n) is 4.54. The Labute approximate surface area is 189 Å². The molecular weight excluding hydrogens is 404 g/mol. The number of hydrogen-bond donors (Lipinski definition) is 2. The first-order chi connectivity index (χ1) is 15.5. The molecule has 1 unspecified atom stereocenters. The number of aryl methyl sites for hydroxylation is 2. The van der Waals surface area contributed by atoms with Gasteiger partial charge in [-0.1, -0.05) is 24.3 Å². The second kappa shape index (κ2) is 10.1. The molecule has 7 heteroatoms. The number of benzene rings is 2. The van der Waals surface area contributed by atoms with Crippen LogP contribution < -0.4 is 15.5 Å². The fraction of sp³-hybridized carbons (Fsp3) is 0.440. The van der Waals surface area contributed by atoms with Gasteiger partial charge in [0.15, 0.2) is 0 Å². The first-order valence-corrected chi connectivity index (χ1v) is 11.3. The predicted molar refractivity (Wildman–Crippen MR) is 126 cm³/mol. The summed E-state index contributed by atoms with van der Waals surface area (Å²) in [5, 5.41) is 5.54. The molecule has 0 aromatic heterocycles. The lowest BCUT2D eigenvalue weighted by molar-refractivity contribution is -0.136. The monoisotopic (exact) mass is 436 g/mol. The van der Waals surface area contributed by atoms with Gasteiger partial charge in [0.1, 0.15) is 0 Å². The Balaban J connectivity index is 1.46. The smallest absolute Gasteiger partial charge is 0.313 e. The van der Waals surface area contributed by atoms with Gasteiger partial charge in [-0.05, 0) is 54.7 Å². The maximum Gasteiger partial charge on any atom is 0.313 e. The average Bonchev–Trinajstić information content (AvgIpc) is 2.80. The molecule has 4 rings (SSSR count). The van der Waals surface area contributed by atoms with E-state index in [1.54, 1.807) is 6.07 Å². The summed E-state index contributed by atoms with van der Waals surface area (Å²) in [7, 11) is 2.13. The number of morpholine rings is 1. The van der Waals surface area contributed by atoms with E-state index in [1.807, 2.05) is 25.1 Å². The Morgan fingerprint density at radius 2 is 1.88 bits per heavy atom. The summed E-state index contributed by atoms with van der Waals surface area (Å²) >= 11 is 0. The molecule has 2 aliphatic heterocycles. The molecule has 2 aliphatic rings. The summed E-state index contributed by atoms with van der Waals surface area (Å²) in [6.07, 6.45) is 2.21. The molecule has 2 heterocycles. The number of ether oxygens (including phenoxy) is 1. The van der Waals surface area contributed by atoms with E-state index in [2.05, 4.69) is 45.7 Å². The van der Waals surface area contributed by atoms with Crippen LogP contribution in [-0.2, 0) is 20.7 Å². The van der Waals surface area contributed by atoms with E-state index in [0.717, 1.165) is 38.0 Å². The summed E-state index contributed by atoms with van der Waals surface area (Å²) in [6, 6.07) is 14.0. The number of rotatable bonds is 5. The van der Waals surface area contributed by atoms with Crippen LogP contribution in [-0.4, -0.2) is 63.2 Å². The minimum atomic E-state index is -0.650. The van der Waals surface area contributed by atoms with Crippen molar-refractivity contribution < 1.29 is 14.3 Å². The van der Waals surface area contributed by atoms with Crippen LogP contribution in [0.4, 0.5) is 11.4 Å². The zero-order chi connectivity index (χ0) is 22.5. The Hall–Kier alpha value is -2.90. The molecule has 2 amide bonds. The average molecular weight is 437 g/mol. The maximum atomic E-state index is 12.6. The number of hydrogen-bond acceptors (Lipinski definition) is 5. The van der Waals surface area contributed by atoms with E-state index in [-0.39, 0.29) is 6.04 Å². The van der Waals surface area contributed by atoms with Gasteiger partial charge in [0.05, 0.1) is 19.3 Å². The van der Waals surface area contributed by atoms with Crippen LogP contribution >= 0.6 is 0 Å². The lowest BCUT2D eigenvalue weighted by Crippen LogP contribution is -2.45. The maximum absolute atomic E-state index is 12.6. The number of carbonyl (C=O) groups is 2. The fourth-order valence-corrected chi connectivity index (χ4v) is 4.54. The Bertz CT molecular complexity index is 971. The van der Waals surface area contributed by atoms with Crippen molar-refractivity contribution in [3.63, 3.8) is 0 Å². The number of carbonyl (C=O) groups excluding carboxylic acids is 2. The molecule has 1 atom stereocenters. The summed E-state index contributed by atoms with van der Waals surface area (Å²) in [5.74, 6) is -1.27. The molecule has 2 aromatic rings. The van der Waals surface area contributed by atoms with Crippen molar-refractivity contribution in [1.29, 1.82) is 0 Å². The molecule has 0 bridgehead atoms. The van der Waals surface area contributed by atoms with Gasteiger partial charge in [-0.2, -0.15) is 0 Å². The molecule has 0 aliphatic carbocycles. The minimum absolute atomic E-state index is 0.00727. The van der Waals surface area contributed by atoms with Crippen molar-refractivity contribution in [2.24, 2.45) is 0 Å². The molecule has 32 heavy (non-hydrogen) atoms. The Morgan fingerprint density at radius 1 is 1.06 bits per heavy atom. The first kappa shape index (κ1) is 22.3. The lowest BCUT2D eigenvalue weighted by Gasteiger charge is -2.36. The van der Waals surface area contributed by atoms with Crippen LogP contribution in [0.3, 0.4) is 0 Å². The molecule has 0 spiro atoms. The molecular formula is C25H32N4O3. The van der Waals surface area contributed by atoms with Gasteiger partial charge >= 0.3 is 11.8 Å². The van der Waals surface area contributed by atoms with Crippen LogP contribution in [0, 0.1) is 6.92 Å². The van der Waals surface area contributed by atoms with E-state index in [0.29, 0.717) is 25.4 Å². The van der Waals surface area contributed by atoms with Gasteiger partial charge in [-0.15, -0.1) is 0 Å². The second-order valence-corrected chi connectivity index (χ2v) is 8.61. The van der Waals surface area contributed by atoms with Gasteiger partial charge < -0.3 is 20.3 Å². The number of nitrogens with zero attached hydrogens (tertiary/aromatic N) is 2. The number of anilines is 2. The van der Waals surface area contributed by atoms with Gasteiger partial charge in [-0.25, -0.2) is 0 Å². The normalized spacial score (nSPS) is 17.4. The molecule has 2 N–H and O–H groups in total. The van der Waals surface area contributed by atoms with Crippen LogP contribution in [0.2, 0.25) is 0 Å². The molecule has 0 radical (unpaired) electrons. The summed E-state index contributed by atoms with van der Waals surface area (Å²) in [5.41, 5.74) is 5.43. The molecule has 2 aromatic carbocycles. The van der Waals surface area contributed by atoms with Crippen molar-refractivity contribution >= 4 is 23.2 Å². The van der Waals surface area contributed by atoms with Gasteiger partial charge in [0.25, 0.3) is 0 Å². The van der Waals surface area contributed by atoms with Crippen LogP contribution in [0.1, 0.15) is 29.2 Å². The first-order valence-electron chi connectivity index (χ1n) is 11.3. The topological polar surface area (TPSA) is 73.9 Å². The zero-order valence-electron chi connectivity index (χ0n) is 18.9. The third-order valence-corrected chi connectivity index (χ3v) is 6.26. The molecule has 0 saturated carbocycles. The molecule has 1 fully saturated rings.